The molecule has 0 atom stereocenters. The Balaban J connectivity index is 1.88. The van der Waals surface area contributed by atoms with E-state index in [4.69, 9.17) is 9.72 Å². The fraction of sp³-hybridized carbons (Fsp3) is 0.333. The van der Waals surface area contributed by atoms with Crippen LogP contribution >= 0.6 is 0 Å². The van der Waals surface area contributed by atoms with Crippen LogP contribution < -0.4 is 10.3 Å². The Morgan fingerprint density at radius 1 is 1.15 bits per heavy atom. The summed E-state index contributed by atoms with van der Waals surface area (Å²) in [4.78, 5) is 25.0. The number of rotatable bonds is 8. The maximum atomic E-state index is 13.0. The zero-order chi connectivity index (χ0) is 24.5. The molecule has 0 amide bonds. The summed E-state index contributed by atoms with van der Waals surface area (Å²) < 4.78 is 32.1. The van der Waals surface area contributed by atoms with Crippen molar-refractivity contribution in [1.82, 2.24) is 24.7 Å². The summed E-state index contributed by atoms with van der Waals surface area (Å²) in [5.74, 6) is 0.935. The highest BCUT2D eigenvalue weighted by molar-refractivity contribution is 7.90. The summed E-state index contributed by atoms with van der Waals surface area (Å²) in [6.45, 7) is 6.83. The van der Waals surface area contributed by atoms with Crippen molar-refractivity contribution in [3.8, 4) is 17.1 Å². The average molecular weight is 482 g/mol. The highest BCUT2D eigenvalue weighted by atomic mass is 32.2. The molecular formula is C24H27N5O4S. The largest absolute Gasteiger partial charge is 0.493 e. The van der Waals surface area contributed by atoms with Crippen LogP contribution in [-0.4, -0.2) is 46.0 Å². The summed E-state index contributed by atoms with van der Waals surface area (Å²) in [6.07, 6.45) is 3.44. The minimum atomic E-state index is -3.48. The molecule has 0 saturated carbocycles. The molecule has 0 radical (unpaired) electrons. The van der Waals surface area contributed by atoms with E-state index in [9.17, 15) is 13.2 Å². The highest BCUT2D eigenvalue weighted by Gasteiger charge is 2.20. The third-order valence-corrected chi connectivity index (χ3v) is 6.39. The second-order valence-electron chi connectivity index (χ2n) is 8.53. The highest BCUT2D eigenvalue weighted by Crippen LogP contribution is 2.31. The summed E-state index contributed by atoms with van der Waals surface area (Å²) in [7, 11) is -3.48. The number of ether oxygens (including phenoxy) is 1. The van der Waals surface area contributed by atoms with Crippen LogP contribution in [0.3, 0.4) is 0 Å². The summed E-state index contributed by atoms with van der Waals surface area (Å²) in [5.41, 5.74) is 2.29. The Morgan fingerprint density at radius 3 is 2.59 bits per heavy atom. The molecule has 0 aliphatic rings. The molecule has 0 bridgehead atoms. The number of pyridine rings is 1. The fourth-order valence-corrected chi connectivity index (χ4v) is 4.27. The number of sulfone groups is 1. The van der Waals surface area contributed by atoms with Crippen molar-refractivity contribution in [2.45, 2.75) is 38.6 Å². The monoisotopic (exact) mass is 481 g/mol. The Kier molecular flexibility index (Phi) is 6.52. The van der Waals surface area contributed by atoms with E-state index in [0.29, 0.717) is 36.4 Å². The molecule has 0 saturated heterocycles. The third-order valence-electron chi connectivity index (χ3n) is 5.28. The average Bonchev–Trinajstić information content (AvgIpc) is 3.15. The van der Waals surface area contributed by atoms with E-state index in [1.165, 1.54) is 12.1 Å². The lowest BCUT2D eigenvalue weighted by molar-refractivity contribution is 0.272. The van der Waals surface area contributed by atoms with Crippen LogP contribution in [0, 0.1) is 5.92 Å². The molecule has 1 aromatic carbocycles. The molecule has 10 heteroatoms. The van der Waals surface area contributed by atoms with Gasteiger partial charge in [0, 0.05) is 12.5 Å². The van der Waals surface area contributed by atoms with Crippen LogP contribution in [0.2, 0.25) is 0 Å². The van der Waals surface area contributed by atoms with Crippen molar-refractivity contribution in [1.29, 1.82) is 0 Å². The van der Waals surface area contributed by atoms with E-state index in [1.54, 1.807) is 16.9 Å². The van der Waals surface area contributed by atoms with Crippen molar-refractivity contribution in [3.05, 3.63) is 64.3 Å². The second-order valence-corrected chi connectivity index (χ2v) is 10.5. The van der Waals surface area contributed by atoms with Gasteiger partial charge in [0.05, 0.1) is 35.0 Å². The first-order valence-corrected chi connectivity index (χ1v) is 12.9. The van der Waals surface area contributed by atoms with Crippen LogP contribution in [0.1, 0.15) is 32.2 Å². The van der Waals surface area contributed by atoms with E-state index < -0.39 is 15.4 Å². The Hall–Kier alpha value is -3.53. The number of aromatic nitrogens is 5. The number of nitrogens with one attached hydrogen (secondary N) is 1. The lowest BCUT2D eigenvalue weighted by atomic mass is 10.1. The molecule has 3 heterocycles. The Bertz CT molecular complexity index is 1490. The number of fused-ring (bicyclic) bond motifs is 1. The van der Waals surface area contributed by atoms with Crippen LogP contribution in [0.25, 0.3) is 22.4 Å². The minimum absolute atomic E-state index is 0.115. The number of nitrogens with zero attached hydrogens (tertiary/aromatic N) is 4. The van der Waals surface area contributed by atoms with Gasteiger partial charge in [0.1, 0.15) is 17.1 Å². The number of hydrogen-bond donors (Lipinski definition) is 1. The quantitative estimate of drug-likeness (QED) is 0.410. The lowest BCUT2D eigenvalue weighted by Gasteiger charge is -2.14. The topological polar surface area (TPSA) is 120 Å². The molecule has 1 N–H and O–H groups in total. The first-order chi connectivity index (χ1) is 16.2. The van der Waals surface area contributed by atoms with Crippen molar-refractivity contribution in [2.75, 3.05) is 12.9 Å². The number of H-pyrrole nitrogens is 1. The SMILES string of the molecule is CCc1c2nc(-c3cc(S(C)(=O)=O)ccc3OCC(C)C)[nH]c(=O)c2nn1Cc1ccccn1. The standard InChI is InChI=1S/C24H27N5O4S/c1-5-19-21-22(28-29(19)13-16-8-6-7-11-25-16)24(30)27-23(26-21)18-12-17(34(4,31)32)9-10-20(18)33-14-15(2)3/h6-12,15H,5,13-14H2,1-4H3,(H,26,27,30). The summed E-state index contributed by atoms with van der Waals surface area (Å²) in [5, 5.41) is 4.50. The van der Waals surface area contributed by atoms with Gasteiger partial charge >= 0.3 is 0 Å². The molecule has 0 aliphatic carbocycles. The molecule has 0 unspecified atom stereocenters. The molecule has 4 aromatic rings. The summed E-state index contributed by atoms with van der Waals surface area (Å²) in [6, 6.07) is 10.2. The zero-order valence-electron chi connectivity index (χ0n) is 19.6. The van der Waals surface area contributed by atoms with Gasteiger partial charge in [-0.25, -0.2) is 13.4 Å². The predicted octanol–water partition coefficient (Wildman–Crippen LogP) is 3.23. The van der Waals surface area contributed by atoms with Crippen LogP contribution in [0.15, 0.2) is 52.3 Å². The second kappa shape index (κ2) is 9.38. The van der Waals surface area contributed by atoms with Gasteiger partial charge in [0.15, 0.2) is 15.4 Å². The maximum absolute atomic E-state index is 13.0. The minimum Gasteiger partial charge on any atom is -0.493 e. The van der Waals surface area contributed by atoms with Gasteiger partial charge < -0.3 is 9.72 Å². The number of benzene rings is 1. The zero-order valence-corrected chi connectivity index (χ0v) is 20.4. The Labute approximate surface area is 197 Å². The summed E-state index contributed by atoms with van der Waals surface area (Å²) >= 11 is 0. The van der Waals surface area contributed by atoms with E-state index in [-0.39, 0.29) is 22.2 Å². The molecule has 34 heavy (non-hydrogen) atoms. The normalized spacial score (nSPS) is 11.9. The molecule has 4 rings (SSSR count). The van der Waals surface area contributed by atoms with Gasteiger partial charge in [-0.2, -0.15) is 5.10 Å². The van der Waals surface area contributed by atoms with Crippen LogP contribution in [-0.2, 0) is 22.8 Å². The van der Waals surface area contributed by atoms with Gasteiger partial charge in [-0.05, 0) is 42.7 Å². The van der Waals surface area contributed by atoms with E-state index >= 15 is 0 Å². The van der Waals surface area contributed by atoms with E-state index in [2.05, 4.69) is 15.1 Å². The van der Waals surface area contributed by atoms with Gasteiger partial charge in [-0.3, -0.25) is 14.5 Å². The molecule has 0 fully saturated rings. The molecule has 0 spiro atoms. The Morgan fingerprint density at radius 2 is 1.94 bits per heavy atom. The maximum Gasteiger partial charge on any atom is 0.279 e. The smallest absolute Gasteiger partial charge is 0.279 e. The van der Waals surface area contributed by atoms with Crippen molar-refractivity contribution >= 4 is 20.9 Å². The first-order valence-electron chi connectivity index (χ1n) is 11.0. The van der Waals surface area contributed by atoms with Crippen molar-refractivity contribution < 1.29 is 13.2 Å². The van der Waals surface area contributed by atoms with Crippen molar-refractivity contribution in [3.63, 3.8) is 0 Å². The predicted molar refractivity (Wildman–Crippen MR) is 130 cm³/mol. The lowest BCUT2D eigenvalue weighted by Crippen LogP contribution is -2.12. The number of aryl methyl sites for hydroxylation is 1. The van der Waals surface area contributed by atoms with Crippen LogP contribution in [0.5, 0.6) is 5.75 Å². The first kappa shape index (κ1) is 23.6. The molecule has 3 aromatic heterocycles. The number of hydrogen-bond acceptors (Lipinski definition) is 7. The van der Waals surface area contributed by atoms with E-state index in [0.717, 1.165) is 17.6 Å². The molecule has 0 aliphatic heterocycles. The van der Waals surface area contributed by atoms with Gasteiger partial charge in [-0.15, -0.1) is 0 Å². The van der Waals surface area contributed by atoms with E-state index in [1.807, 2.05) is 39.0 Å². The van der Waals surface area contributed by atoms with Gasteiger partial charge in [0.25, 0.3) is 5.56 Å². The van der Waals surface area contributed by atoms with Crippen molar-refractivity contribution in [2.24, 2.45) is 5.92 Å². The molecular weight excluding hydrogens is 454 g/mol. The van der Waals surface area contributed by atoms with Gasteiger partial charge in [-0.1, -0.05) is 26.8 Å². The third kappa shape index (κ3) is 4.86. The fourth-order valence-electron chi connectivity index (χ4n) is 3.62. The molecule has 178 valence electrons. The van der Waals surface area contributed by atoms with Gasteiger partial charge in [0.2, 0.25) is 0 Å². The van der Waals surface area contributed by atoms with Crippen LogP contribution in [0.4, 0.5) is 0 Å². The molecule has 9 nitrogen and oxygen atoms in total. The number of aromatic amines is 1.